The Morgan fingerprint density at radius 3 is 2.85 bits per heavy atom. The highest BCUT2D eigenvalue weighted by molar-refractivity contribution is 7.99. The maximum Gasteiger partial charge on any atom is 0.313 e. The maximum atomic E-state index is 13.9. The lowest BCUT2D eigenvalue weighted by molar-refractivity contribution is -0.133. The van der Waals surface area contributed by atoms with Crippen LogP contribution < -0.4 is 0 Å². The number of hydrogen-bond acceptors (Lipinski definition) is 3. The average Bonchev–Trinajstić information content (AvgIpc) is 2.77. The summed E-state index contributed by atoms with van der Waals surface area (Å²) in [6, 6.07) is 2.43. The van der Waals surface area contributed by atoms with Crippen LogP contribution in [0.2, 0.25) is 0 Å². The topological polar surface area (TPSA) is 55.1 Å². The standard InChI is InChI=1S/C13H14F2N2O2S/c1-2-3-6-17-12-9(5-4-8(14)11(12)15)16-13(17)20-7-10(18)19/h4-5H,2-3,6-7H2,1H3,(H,18,19). The van der Waals surface area contributed by atoms with Gasteiger partial charge in [-0.05, 0) is 18.6 Å². The first kappa shape index (κ1) is 14.8. The van der Waals surface area contributed by atoms with Crippen molar-refractivity contribution in [3.8, 4) is 0 Å². The van der Waals surface area contributed by atoms with Crippen molar-refractivity contribution in [2.45, 2.75) is 31.5 Å². The molecule has 0 radical (unpaired) electrons. The normalized spacial score (nSPS) is 11.2. The third-order valence-electron chi connectivity index (χ3n) is 2.82. The quantitative estimate of drug-likeness (QED) is 0.832. The Labute approximate surface area is 118 Å². The van der Waals surface area contributed by atoms with Crippen LogP contribution in [0, 0.1) is 11.6 Å². The summed E-state index contributed by atoms with van der Waals surface area (Å²) < 4.78 is 28.9. The number of carbonyl (C=O) groups is 1. The van der Waals surface area contributed by atoms with Crippen molar-refractivity contribution in [1.82, 2.24) is 9.55 Å². The molecule has 0 saturated carbocycles. The first-order valence-electron chi connectivity index (χ1n) is 6.23. The number of fused-ring (bicyclic) bond motifs is 1. The molecule has 0 amide bonds. The van der Waals surface area contributed by atoms with E-state index >= 15 is 0 Å². The molecule has 0 spiro atoms. The van der Waals surface area contributed by atoms with Crippen LogP contribution in [0.4, 0.5) is 8.78 Å². The number of halogens is 2. The molecule has 1 N–H and O–H groups in total. The second kappa shape index (κ2) is 6.21. The Morgan fingerprint density at radius 2 is 2.20 bits per heavy atom. The van der Waals surface area contributed by atoms with E-state index in [4.69, 9.17) is 5.11 Å². The Balaban J connectivity index is 2.49. The number of nitrogens with zero attached hydrogens (tertiary/aromatic N) is 2. The smallest absolute Gasteiger partial charge is 0.313 e. The number of aryl methyl sites for hydroxylation is 1. The molecule has 20 heavy (non-hydrogen) atoms. The Bertz CT molecular complexity index is 643. The predicted octanol–water partition coefficient (Wildman–Crippen LogP) is 3.29. The van der Waals surface area contributed by atoms with Crippen molar-refractivity contribution < 1.29 is 18.7 Å². The largest absolute Gasteiger partial charge is 0.481 e. The van der Waals surface area contributed by atoms with Gasteiger partial charge in [-0.3, -0.25) is 4.79 Å². The van der Waals surface area contributed by atoms with E-state index in [9.17, 15) is 13.6 Å². The molecule has 2 rings (SSSR count). The molecule has 0 aliphatic heterocycles. The van der Waals surface area contributed by atoms with Crippen molar-refractivity contribution in [1.29, 1.82) is 0 Å². The van der Waals surface area contributed by atoms with Crippen LogP contribution in [0.5, 0.6) is 0 Å². The molecule has 1 aromatic heterocycles. The zero-order valence-corrected chi connectivity index (χ0v) is 11.7. The van der Waals surface area contributed by atoms with Gasteiger partial charge in [0.05, 0.1) is 11.3 Å². The third kappa shape index (κ3) is 2.92. The number of carboxylic acid groups (broad SMARTS) is 1. The second-order valence-corrected chi connectivity index (χ2v) is 5.25. The van der Waals surface area contributed by atoms with Crippen molar-refractivity contribution in [3.63, 3.8) is 0 Å². The van der Waals surface area contributed by atoms with E-state index in [0.29, 0.717) is 17.2 Å². The summed E-state index contributed by atoms with van der Waals surface area (Å²) in [6.07, 6.45) is 1.67. The molecule has 0 atom stereocenters. The Morgan fingerprint density at radius 1 is 1.45 bits per heavy atom. The average molecular weight is 300 g/mol. The van der Waals surface area contributed by atoms with Gasteiger partial charge in [-0.15, -0.1) is 0 Å². The van der Waals surface area contributed by atoms with Crippen LogP contribution in [0.25, 0.3) is 11.0 Å². The van der Waals surface area contributed by atoms with Gasteiger partial charge >= 0.3 is 5.97 Å². The molecule has 1 heterocycles. The molecule has 2 aromatic rings. The third-order valence-corrected chi connectivity index (χ3v) is 3.79. The number of aromatic nitrogens is 2. The van der Waals surface area contributed by atoms with E-state index in [1.807, 2.05) is 6.92 Å². The zero-order valence-electron chi connectivity index (χ0n) is 10.9. The van der Waals surface area contributed by atoms with E-state index in [1.54, 1.807) is 4.57 Å². The summed E-state index contributed by atoms with van der Waals surface area (Å²) >= 11 is 1.01. The lowest BCUT2D eigenvalue weighted by Gasteiger charge is -2.07. The molecule has 0 unspecified atom stereocenters. The zero-order chi connectivity index (χ0) is 14.7. The van der Waals surface area contributed by atoms with Gasteiger partial charge in [-0.1, -0.05) is 25.1 Å². The van der Waals surface area contributed by atoms with Gasteiger partial charge in [0.25, 0.3) is 0 Å². The lowest BCUT2D eigenvalue weighted by atomic mass is 10.2. The molecular weight excluding hydrogens is 286 g/mol. The van der Waals surface area contributed by atoms with Crippen molar-refractivity contribution in [2.24, 2.45) is 0 Å². The minimum absolute atomic E-state index is 0.103. The molecule has 0 aliphatic carbocycles. The lowest BCUT2D eigenvalue weighted by Crippen LogP contribution is -2.04. The number of rotatable bonds is 6. The number of thioether (sulfide) groups is 1. The van der Waals surface area contributed by atoms with Gasteiger partial charge < -0.3 is 9.67 Å². The van der Waals surface area contributed by atoms with E-state index in [-0.39, 0.29) is 11.3 Å². The van der Waals surface area contributed by atoms with Crippen LogP contribution in [0.3, 0.4) is 0 Å². The van der Waals surface area contributed by atoms with Crippen LogP contribution in [-0.2, 0) is 11.3 Å². The molecule has 1 aromatic carbocycles. The molecule has 0 fully saturated rings. The molecule has 0 bridgehead atoms. The minimum Gasteiger partial charge on any atom is -0.481 e. The molecule has 108 valence electrons. The number of benzene rings is 1. The van der Waals surface area contributed by atoms with Crippen LogP contribution in [-0.4, -0.2) is 26.4 Å². The molecule has 4 nitrogen and oxygen atoms in total. The monoisotopic (exact) mass is 300 g/mol. The highest BCUT2D eigenvalue weighted by Gasteiger charge is 2.18. The van der Waals surface area contributed by atoms with Gasteiger partial charge in [0.2, 0.25) is 0 Å². The number of imidazole rings is 1. The minimum atomic E-state index is -0.976. The van der Waals surface area contributed by atoms with Crippen LogP contribution in [0.15, 0.2) is 17.3 Å². The van der Waals surface area contributed by atoms with Gasteiger partial charge in [-0.25, -0.2) is 13.8 Å². The van der Waals surface area contributed by atoms with Gasteiger partial charge in [0.1, 0.15) is 5.52 Å². The van der Waals surface area contributed by atoms with Crippen molar-refractivity contribution in [2.75, 3.05) is 5.75 Å². The van der Waals surface area contributed by atoms with E-state index in [0.717, 1.165) is 30.7 Å². The van der Waals surface area contributed by atoms with Gasteiger partial charge in [0.15, 0.2) is 16.8 Å². The number of unbranched alkanes of at least 4 members (excludes halogenated alkanes) is 1. The number of hydrogen-bond donors (Lipinski definition) is 1. The van der Waals surface area contributed by atoms with E-state index in [1.165, 1.54) is 6.07 Å². The highest BCUT2D eigenvalue weighted by Crippen LogP contribution is 2.27. The van der Waals surface area contributed by atoms with Crippen LogP contribution >= 0.6 is 11.8 Å². The van der Waals surface area contributed by atoms with Crippen molar-refractivity contribution in [3.05, 3.63) is 23.8 Å². The molecular formula is C13H14F2N2O2S. The van der Waals surface area contributed by atoms with Crippen molar-refractivity contribution >= 4 is 28.8 Å². The predicted molar refractivity (Wildman–Crippen MR) is 72.9 cm³/mol. The SMILES string of the molecule is CCCCn1c(SCC(=O)O)nc2ccc(F)c(F)c21. The highest BCUT2D eigenvalue weighted by atomic mass is 32.2. The van der Waals surface area contributed by atoms with Gasteiger partial charge in [0, 0.05) is 6.54 Å². The fraction of sp³-hybridized carbons (Fsp3) is 0.385. The summed E-state index contributed by atoms with van der Waals surface area (Å²) in [5.41, 5.74) is 0.444. The van der Waals surface area contributed by atoms with Crippen LogP contribution in [0.1, 0.15) is 19.8 Å². The molecule has 0 aliphatic rings. The summed E-state index contributed by atoms with van der Waals surface area (Å²) in [5.74, 6) is -3.01. The fourth-order valence-corrected chi connectivity index (χ4v) is 2.65. The first-order chi connectivity index (χ1) is 9.54. The second-order valence-electron chi connectivity index (χ2n) is 4.31. The fourth-order valence-electron chi connectivity index (χ4n) is 1.90. The Hall–Kier alpha value is -1.63. The van der Waals surface area contributed by atoms with Gasteiger partial charge in [-0.2, -0.15) is 0 Å². The summed E-state index contributed by atoms with van der Waals surface area (Å²) in [7, 11) is 0. The molecule has 0 saturated heterocycles. The van der Waals surface area contributed by atoms with E-state index in [2.05, 4.69) is 4.98 Å². The summed E-state index contributed by atoms with van der Waals surface area (Å²) in [6.45, 7) is 2.47. The summed E-state index contributed by atoms with van der Waals surface area (Å²) in [4.78, 5) is 14.8. The Kier molecular flexibility index (Phi) is 4.59. The number of carboxylic acids is 1. The first-order valence-corrected chi connectivity index (χ1v) is 7.22. The number of aliphatic carboxylic acids is 1. The van der Waals surface area contributed by atoms with E-state index < -0.39 is 17.6 Å². The molecule has 7 heteroatoms. The maximum absolute atomic E-state index is 13.9. The summed E-state index contributed by atoms with van der Waals surface area (Å²) in [5, 5.41) is 9.13.